The fourth-order valence-electron chi connectivity index (χ4n) is 2.07. The lowest BCUT2D eigenvalue weighted by molar-refractivity contribution is 0.102. The second-order valence-corrected chi connectivity index (χ2v) is 6.31. The molecular formula is C16H21N3O2S. The first kappa shape index (κ1) is 16.4. The largest absolute Gasteiger partial charge is 0.496 e. The average Bonchev–Trinajstić information content (AvgIpc) is 3.03. The van der Waals surface area contributed by atoms with E-state index in [0.717, 1.165) is 17.8 Å². The molecule has 0 aliphatic rings. The van der Waals surface area contributed by atoms with Crippen molar-refractivity contribution in [1.29, 1.82) is 0 Å². The van der Waals surface area contributed by atoms with Gasteiger partial charge in [-0.3, -0.25) is 10.1 Å². The molecule has 1 N–H and O–H groups in total. The van der Waals surface area contributed by atoms with Gasteiger partial charge in [0, 0.05) is 5.41 Å². The van der Waals surface area contributed by atoms with Gasteiger partial charge < -0.3 is 4.74 Å². The van der Waals surface area contributed by atoms with Crippen LogP contribution in [0, 0.1) is 0 Å². The van der Waals surface area contributed by atoms with Crippen molar-refractivity contribution < 1.29 is 9.53 Å². The van der Waals surface area contributed by atoms with Gasteiger partial charge >= 0.3 is 0 Å². The summed E-state index contributed by atoms with van der Waals surface area (Å²) in [4.78, 5) is 12.3. The Morgan fingerprint density at radius 1 is 1.27 bits per heavy atom. The van der Waals surface area contributed by atoms with E-state index in [-0.39, 0.29) is 11.3 Å². The van der Waals surface area contributed by atoms with E-state index < -0.39 is 0 Å². The van der Waals surface area contributed by atoms with Gasteiger partial charge in [0.1, 0.15) is 10.8 Å². The van der Waals surface area contributed by atoms with Gasteiger partial charge in [-0.05, 0) is 25.0 Å². The van der Waals surface area contributed by atoms with E-state index in [2.05, 4.69) is 36.3 Å². The maximum absolute atomic E-state index is 12.3. The monoisotopic (exact) mass is 319 g/mol. The summed E-state index contributed by atoms with van der Waals surface area (Å²) in [6.07, 6.45) is 1.97. The molecule has 1 amide bonds. The molecule has 0 unspecified atom stereocenters. The molecule has 0 aliphatic carbocycles. The highest BCUT2D eigenvalue weighted by Gasteiger charge is 2.27. The van der Waals surface area contributed by atoms with Crippen LogP contribution in [0.1, 0.15) is 49.0 Å². The number of amides is 1. The van der Waals surface area contributed by atoms with E-state index in [1.54, 1.807) is 25.3 Å². The van der Waals surface area contributed by atoms with Crippen LogP contribution in [0.5, 0.6) is 5.75 Å². The van der Waals surface area contributed by atoms with Crippen LogP contribution in [-0.4, -0.2) is 23.2 Å². The summed E-state index contributed by atoms with van der Waals surface area (Å²) in [6.45, 7) is 6.44. The number of anilines is 1. The molecule has 118 valence electrons. The van der Waals surface area contributed by atoms with Crippen LogP contribution in [0.4, 0.5) is 5.13 Å². The Labute approximate surface area is 134 Å². The zero-order valence-corrected chi connectivity index (χ0v) is 14.2. The summed E-state index contributed by atoms with van der Waals surface area (Å²) >= 11 is 1.43. The number of ether oxygens (including phenoxy) is 1. The van der Waals surface area contributed by atoms with Crippen molar-refractivity contribution in [3.8, 4) is 5.75 Å². The molecule has 1 aromatic heterocycles. The number of nitrogens with zero attached hydrogens (tertiary/aromatic N) is 2. The van der Waals surface area contributed by atoms with Crippen molar-refractivity contribution in [3.05, 3.63) is 34.8 Å². The van der Waals surface area contributed by atoms with E-state index in [0.29, 0.717) is 16.4 Å². The molecule has 0 bridgehead atoms. The molecule has 1 heterocycles. The molecule has 2 rings (SSSR count). The first-order chi connectivity index (χ1) is 10.5. The van der Waals surface area contributed by atoms with Crippen molar-refractivity contribution in [3.63, 3.8) is 0 Å². The number of para-hydroxylation sites is 1. The SMILES string of the molecule is CCC(C)(CC)c1nnc(NC(=O)c2ccccc2OC)s1. The van der Waals surface area contributed by atoms with Gasteiger partial charge in [-0.1, -0.05) is 44.2 Å². The van der Waals surface area contributed by atoms with Crippen LogP contribution < -0.4 is 10.1 Å². The topological polar surface area (TPSA) is 64.1 Å². The Balaban J connectivity index is 2.18. The highest BCUT2D eigenvalue weighted by Crippen LogP contribution is 2.34. The Hall–Kier alpha value is -1.95. The molecule has 6 heteroatoms. The molecule has 22 heavy (non-hydrogen) atoms. The average molecular weight is 319 g/mol. The van der Waals surface area contributed by atoms with Crippen LogP contribution >= 0.6 is 11.3 Å². The Morgan fingerprint density at radius 3 is 2.59 bits per heavy atom. The maximum Gasteiger partial charge on any atom is 0.261 e. The summed E-state index contributed by atoms with van der Waals surface area (Å²) in [5, 5.41) is 12.6. The molecule has 0 fully saturated rings. The van der Waals surface area contributed by atoms with Gasteiger partial charge in [0.2, 0.25) is 5.13 Å². The van der Waals surface area contributed by atoms with Gasteiger partial charge in [0.05, 0.1) is 12.7 Å². The third kappa shape index (κ3) is 3.27. The molecule has 0 spiro atoms. The maximum atomic E-state index is 12.3. The van der Waals surface area contributed by atoms with E-state index in [9.17, 15) is 4.79 Å². The zero-order chi connectivity index (χ0) is 16.2. The fourth-order valence-corrected chi connectivity index (χ4v) is 3.09. The molecular weight excluding hydrogens is 298 g/mol. The summed E-state index contributed by atoms with van der Waals surface area (Å²) in [7, 11) is 1.54. The number of carbonyl (C=O) groups is 1. The van der Waals surface area contributed by atoms with E-state index in [4.69, 9.17) is 4.74 Å². The predicted molar refractivity (Wildman–Crippen MR) is 88.8 cm³/mol. The lowest BCUT2D eigenvalue weighted by Crippen LogP contribution is -2.19. The second-order valence-electron chi connectivity index (χ2n) is 5.33. The standard InChI is InChI=1S/C16H21N3O2S/c1-5-16(3,6-2)14-18-19-15(22-14)17-13(20)11-9-7-8-10-12(11)21-4/h7-10H,5-6H2,1-4H3,(H,17,19,20). The Morgan fingerprint density at radius 2 is 1.95 bits per heavy atom. The molecule has 0 saturated heterocycles. The highest BCUT2D eigenvalue weighted by molar-refractivity contribution is 7.15. The number of carbonyl (C=O) groups excluding carboxylic acids is 1. The van der Waals surface area contributed by atoms with Gasteiger partial charge in [-0.25, -0.2) is 0 Å². The molecule has 5 nitrogen and oxygen atoms in total. The first-order valence-corrected chi connectivity index (χ1v) is 8.14. The molecule has 0 radical (unpaired) electrons. The minimum atomic E-state index is -0.241. The fraction of sp³-hybridized carbons (Fsp3) is 0.438. The van der Waals surface area contributed by atoms with Gasteiger partial charge in [-0.15, -0.1) is 10.2 Å². The summed E-state index contributed by atoms with van der Waals surface area (Å²) < 4.78 is 5.20. The smallest absolute Gasteiger partial charge is 0.261 e. The van der Waals surface area contributed by atoms with Gasteiger partial charge in [-0.2, -0.15) is 0 Å². The van der Waals surface area contributed by atoms with Gasteiger partial charge in [0.15, 0.2) is 0 Å². The third-order valence-corrected chi connectivity index (χ3v) is 5.22. The van der Waals surface area contributed by atoms with Crippen LogP contribution in [-0.2, 0) is 5.41 Å². The lowest BCUT2D eigenvalue weighted by Gasteiger charge is -2.22. The van der Waals surface area contributed by atoms with Crippen LogP contribution in [0.2, 0.25) is 0 Å². The van der Waals surface area contributed by atoms with E-state index in [1.807, 2.05) is 6.07 Å². The van der Waals surface area contributed by atoms with E-state index >= 15 is 0 Å². The number of hydrogen-bond donors (Lipinski definition) is 1. The van der Waals surface area contributed by atoms with Crippen molar-refractivity contribution in [2.75, 3.05) is 12.4 Å². The van der Waals surface area contributed by atoms with Crippen molar-refractivity contribution >= 4 is 22.4 Å². The highest BCUT2D eigenvalue weighted by atomic mass is 32.1. The minimum Gasteiger partial charge on any atom is -0.496 e. The molecule has 2 aromatic rings. The molecule has 0 atom stereocenters. The Bertz CT molecular complexity index is 650. The minimum absolute atomic E-state index is 0.00504. The number of benzene rings is 1. The number of aromatic nitrogens is 2. The number of rotatable bonds is 6. The molecule has 0 saturated carbocycles. The van der Waals surface area contributed by atoms with Crippen molar-refractivity contribution in [1.82, 2.24) is 10.2 Å². The molecule has 0 aliphatic heterocycles. The second kappa shape index (κ2) is 6.87. The number of methoxy groups -OCH3 is 1. The zero-order valence-electron chi connectivity index (χ0n) is 13.3. The normalized spacial score (nSPS) is 11.3. The quantitative estimate of drug-likeness (QED) is 0.877. The predicted octanol–water partition coefficient (Wildman–Crippen LogP) is 3.88. The van der Waals surface area contributed by atoms with Crippen LogP contribution in [0.15, 0.2) is 24.3 Å². The van der Waals surface area contributed by atoms with Gasteiger partial charge in [0.25, 0.3) is 5.91 Å². The third-order valence-electron chi connectivity index (χ3n) is 4.07. The van der Waals surface area contributed by atoms with Crippen LogP contribution in [0.3, 0.4) is 0 Å². The van der Waals surface area contributed by atoms with Crippen LogP contribution in [0.25, 0.3) is 0 Å². The lowest BCUT2D eigenvalue weighted by atomic mass is 9.86. The number of hydrogen-bond acceptors (Lipinski definition) is 5. The Kier molecular flexibility index (Phi) is 5.13. The number of nitrogens with one attached hydrogen (secondary N) is 1. The summed E-state index contributed by atoms with van der Waals surface area (Å²) in [5.74, 6) is 0.298. The van der Waals surface area contributed by atoms with Crippen molar-refractivity contribution in [2.45, 2.75) is 39.0 Å². The summed E-state index contributed by atoms with van der Waals surface area (Å²) in [6, 6.07) is 7.10. The summed E-state index contributed by atoms with van der Waals surface area (Å²) in [5.41, 5.74) is 0.487. The molecule has 1 aromatic carbocycles. The van der Waals surface area contributed by atoms with E-state index in [1.165, 1.54) is 11.3 Å². The van der Waals surface area contributed by atoms with Crippen molar-refractivity contribution in [2.24, 2.45) is 0 Å². The first-order valence-electron chi connectivity index (χ1n) is 7.32.